The molecular formula is C21H30N2O3. The van der Waals surface area contributed by atoms with Crippen molar-refractivity contribution in [2.75, 3.05) is 24.6 Å². The van der Waals surface area contributed by atoms with Gasteiger partial charge in [0.1, 0.15) is 0 Å². The van der Waals surface area contributed by atoms with Crippen LogP contribution in [0.2, 0.25) is 0 Å². The second-order valence-corrected chi connectivity index (χ2v) is 7.28. The number of nitrogens with zero attached hydrogens (tertiary/aromatic N) is 1. The van der Waals surface area contributed by atoms with Crippen molar-refractivity contribution in [2.24, 2.45) is 5.92 Å². The number of hydrogen-bond donors (Lipinski definition) is 1. The van der Waals surface area contributed by atoms with Crippen LogP contribution in [0.4, 0.5) is 5.69 Å². The van der Waals surface area contributed by atoms with Crippen molar-refractivity contribution in [1.29, 1.82) is 0 Å². The molecule has 2 amide bonds. The first-order valence-electron chi connectivity index (χ1n) is 9.99. The van der Waals surface area contributed by atoms with Gasteiger partial charge >= 0.3 is 0 Å². The van der Waals surface area contributed by atoms with Gasteiger partial charge in [0.2, 0.25) is 5.91 Å². The fourth-order valence-corrected chi connectivity index (χ4v) is 4.16. The Morgan fingerprint density at radius 3 is 2.81 bits per heavy atom. The first-order valence-corrected chi connectivity index (χ1v) is 9.99. The second kappa shape index (κ2) is 9.17. The van der Waals surface area contributed by atoms with Crippen molar-refractivity contribution in [2.45, 2.75) is 58.0 Å². The zero-order chi connectivity index (χ0) is 18.4. The van der Waals surface area contributed by atoms with Gasteiger partial charge in [0.25, 0.3) is 5.91 Å². The molecule has 1 heterocycles. The number of amides is 2. The van der Waals surface area contributed by atoms with Gasteiger partial charge in [0.05, 0.1) is 6.10 Å². The predicted octanol–water partition coefficient (Wildman–Crippen LogP) is 3.53. The van der Waals surface area contributed by atoms with Gasteiger partial charge in [-0.05, 0) is 56.7 Å². The lowest BCUT2D eigenvalue weighted by atomic mass is 9.98. The molecule has 1 saturated heterocycles. The summed E-state index contributed by atoms with van der Waals surface area (Å²) >= 11 is 0. The number of carbonyl (C=O) groups excluding carboxylic acids is 2. The molecule has 0 bridgehead atoms. The average Bonchev–Trinajstić information content (AvgIpc) is 3.32. The SMILES string of the molecule is CCOC(CCNC(=O)c1cccc(N2CCCC2=O)c1)C1CCCC1. The van der Waals surface area contributed by atoms with E-state index >= 15 is 0 Å². The Hall–Kier alpha value is -1.88. The van der Waals surface area contributed by atoms with Crippen LogP contribution >= 0.6 is 0 Å². The summed E-state index contributed by atoms with van der Waals surface area (Å²) in [6, 6.07) is 7.36. The smallest absolute Gasteiger partial charge is 0.251 e. The Kier molecular flexibility index (Phi) is 6.67. The molecule has 0 spiro atoms. The third kappa shape index (κ3) is 4.64. The van der Waals surface area contributed by atoms with Crippen LogP contribution in [0.15, 0.2) is 24.3 Å². The summed E-state index contributed by atoms with van der Waals surface area (Å²) in [6.45, 7) is 4.11. The van der Waals surface area contributed by atoms with Crippen molar-refractivity contribution in [1.82, 2.24) is 5.32 Å². The van der Waals surface area contributed by atoms with Gasteiger partial charge in [-0.1, -0.05) is 18.9 Å². The first-order chi connectivity index (χ1) is 12.7. The van der Waals surface area contributed by atoms with Gasteiger partial charge in [-0.2, -0.15) is 0 Å². The van der Waals surface area contributed by atoms with E-state index in [0.717, 1.165) is 31.7 Å². The third-order valence-corrected chi connectivity index (χ3v) is 5.51. The van der Waals surface area contributed by atoms with E-state index in [1.54, 1.807) is 11.0 Å². The largest absolute Gasteiger partial charge is 0.378 e. The molecule has 5 heteroatoms. The molecule has 1 aliphatic carbocycles. The lowest BCUT2D eigenvalue weighted by Crippen LogP contribution is -2.31. The maximum absolute atomic E-state index is 12.5. The van der Waals surface area contributed by atoms with E-state index in [0.29, 0.717) is 24.4 Å². The highest BCUT2D eigenvalue weighted by molar-refractivity contribution is 5.99. The molecule has 142 valence electrons. The zero-order valence-corrected chi connectivity index (χ0v) is 15.7. The lowest BCUT2D eigenvalue weighted by molar-refractivity contribution is -0.117. The van der Waals surface area contributed by atoms with E-state index < -0.39 is 0 Å². The van der Waals surface area contributed by atoms with Crippen LogP contribution in [0.3, 0.4) is 0 Å². The molecule has 0 aromatic heterocycles. The number of ether oxygens (including phenoxy) is 1. The highest BCUT2D eigenvalue weighted by atomic mass is 16.5. The van der Waals surface area contributed by atoms with E-state index in [1.165, 1.54) is 25.7 Å². The summed E-state index contributed by atoms with van der Waals surface area (Å²) in [4.78, 5) is 26.2. The van der Waals surface area contributed by atoms with Gasteiger partial charge in [0.15, 0.2) is 0 Å². The van der Waals surface area contributed by atoms with Crippen LogP contribution in [0.5, 0.6) is 0 Å². The van der Waals surface area contributed by atoms with Gasteiger partial charge in [-0.25, -0.2) is 0 Å². The minimum Gasteiger partial charge on any atom is -0.378 e. The summed E-state index contributed by atoms with van der Waals surface area (Å²) in [5.41, 5.74) is 1.43. The number of carbonyl (C=O) groups is 2. The molecule has 2 aliphatic rings. The van der Waals surface area contributed by atoms with Crippen molar-refractivity contribution in [3.63, 3.8) is 0 Å². The monoisotopic (exact) mass is 358 g/mol. The normalized spacial score (nSPS) is 19.1. The van der Waals surface area contributed by atoms with Crippen LogP contribution in [0.1, 0.15) is 62.2 Å². The Balaban J connectivity index is 1.53. The molecule has 1 atom stereocenters. The Morgan fingerprint density at radius 2 is 2.12 bits per heavy atom. The second-order valence-electron chi connectivity index (χ2n) is 7.28. The molecule has 0 radical (unpaired) electrons. The summed E-state index contributed by atoms with van der Waals surface area (Å²) in [6.07, 6.45) is 7.65. The highest BCUT2D eigenvalue weighted by Crippen LogP contribution is 2.30. The molecule has 1 aliphatic heterocycles. The van der Waals surface area contributed by atoms with Crippen LogP contribution in [0, 0.1) is 5.92 Å². The van der Waals surface area contributed by atoms with Gasteiger partial charge < -0.3 is 15.0 Å². The topological polar surface area (TPSA) is 58.6 Å². The summed E-state index contributed by atoms with van der Waals surface area (Å²) in [5.74, 6) is 0.690. The van der Waals surface area contributed by atoms with E-state index in [2.05, 4.69) is 5.32 Å². The van der Waals surface area contributed by atoms with Crippen LogP contribution in [-0.2, 0) is 9.53 Å². The summed E-state index contributed by atoms with van der Waals surface area (Å²) in [5, 5.41) is 3.02. The minimum absolute atomic E-state index is 0.0832. The molecule has 1 unspecified atom stereocenters. The number of benzene rings is 1. The highest BCUT2D eigenvalue weighted by Gasteiger charge is 2.25. The molecule has 3 rings (SSSR count). The van der Waals surface area contributed by atoms with E-state index in [-0.39, 0.29) is 17.9 Å². The van der Waals surface area contributed by atoms with Gasteiger partial charge in [-0.3, -0.25) is 9.59 Å². The standard InChI is InChI=1S/C21H30N2O3/c1-2-26-19(16-7-3-4-8-16)12-13-22-21(25)17-9-5-10-18(15-17)23-14-6-11-20(23)24/h5,9-10,15-16,19H,2-4,6-8,11-14H2,1H3,(H,22,25). The molecule has 1 N–H and O–H groups in total. The van der Waals surface area contributed by atoms with Crippen LogP contribution < -0.4 is 10.2 Å². The zero-order valence-electron chi connectivity index (χ0n) is 15.7. The average molecular weight is 358 g/mol. The Morgan fingerprint density at radius 1 is 1.31 bits per heavy atom. The fourth-order valence-electron chi connectivity index (χ4n) is 4.16. The molecule has 5 nitrogen and oxygen atoms in total. The third-order valence-electron chi connectivity index (χ3n) is 5.51. The first kappa shape index (κ1) is 18.9. The Bertz CT molecular complexity index is 625. The number of hydrogen-bond acceptors (Lipinski definition) is 3. The lowest BCUT2D eigenvalue weighted by Gasteiger charge is -2.23. The van der Waals surface area contributed by atoms with E-state index in [9.17, 15) is 9.59 Å². The molecular weight excluding hydrogens is 328 g/mol. The maximum Gasteiger partial charge on any atom is 0.251 e. The maximum atomic E-state index is 12.5. The minimum atomic E-state index is -0.0832. The molecule has 1 saturated carbocycles. The fraction of sp³-hybridized carbons (Fsp3) is 0.619. The summed E-state index contributed by atoms with van der Waals surface area (Å²) < 4.78 is 5.92. The van der Waals surface area contributed by atoms with Crippen molar-refractivity contribution in [3.05, 3.63) is 29.8 Å². The van der Waals surface area contributed by atoms with Crippen LogP contribution in [-0.4, -0.2) is 37.6 Å². The number of rotatable bonds is 8. The van der Waals surface area contributed by atoms with Gasteiger partial charge in [-0.15, -0.1) is 0 Å². The van der Waals surface area contributed by atoms with E-state index in [4.69, 9.17) is 4.74 Å². The van der Waals surface area contributed by atoms with Crippen molar-refractivity contribution < 1.29 is 14.3 Å². The molecule has 26 heavy (non-hydrogen) atoms. The van der Waals surface area contributed by atoms with Crippen molar-refractivity contribution in [3.8, 4) is 0 Å². The molecule has 1 aromatic rings. The quantitative estimate of drug-likeness (QED) is 0.773. The molecule has 2 fully saturated rings. The summed E-state index contributed by atoms with van der Waals surface area (Å²) in [7, 11) is 0. The van der Waals surface area contributed by atoms with Crippen LogP contribution in [0.25, 0.3) is 0 Å². The number of anilines is 1. The Labute approximate surface area is 156 Å². The number of nitrogens with one attached hydrogen (secondary N) is 1. The molecule has 1 aromatic carbocycles. The van der Waals surface area contributed by atoms with E-state index in [1.807, 2.05) is 25.1 Å². The predicted molar refractivity (Wildman–Crippen MR) is 102 cm³/mol. The van der Waals surface area contributed by atoms with Crippen molar-refractivity contribution >= 4 is 17.5 Å². The van der Waals surface area contributed by atoms with Gasteiger partial charge in [0, 0.05) is 37.4 Å².